The van der Waals surface area contributed by atoms with E-state index in [1.165, 1.54) is 6.42 Å². The fraction of sp³-hybridized carbons (Fsp3) is 0.909. The molecule has 1 N–H and O–H groups in total. The van der Waals surface area contributed by atoms with Gasteiger partial charge >= 0.3 is 0 Å². The first kappa shape index (κ1) is 9.20. The van der Waals surface area contributed by atoms with Gasteiger partial charge in [-0.15, -0.1) is 0 Å². The first-order chi connectivity index (χ1) is 6.06. The minimum atomic E-state index is -0.666. The fourth-order valence-corrected chi connectivity index (χ4v) is 2.96. The quantitative estimate of drug-likeness (QED) is 0.622. The summed E-state index contributed by atoms with van der Waals surface area (Å²) in [5, 5.41) is 10.4. The topological polar surface area (TPSA) is 37.3 Å². The zero-order chi connectivity index (χ0) is 9.53. The minimum Gasteiger partial charge on any atom is -0.389 e. The van der Waals surface area contributed by atoms with Crippen LogP contribution in [0.4, 0.5) is 0 Å². The van der Waals surface area contributed by atoms with Gasteiger partial charge in [0.15, 0.2) is 0 Å². The second kappa shape index (κ2) is 2.81. The number of Topliss-reactive ketones (excluding diaryl/α,β-unsaturated/α-hetero) is 1. The molecule has 2 saturated carbocycles. The molecule has 2 heteroatoms. The van der Waals surface area contributed by atoms with Crippen LogP contribution < -0.4 is 0 Å². The van der Waals surface area contributed by atoms with E-state index >= 15 is 0 Å². The lowest BCUT2D eigenvalue weighted by Gasteiger charge is -2.51. The summed E-state index contributed by atoms with van der Waals surface area (Å²) in [5.41, 5.74) is -0.639. The Morgan fingerprint density at radius 2 is 1.92 bits per heavy atom. The van der Waals surface area contributed by atoms with Crippen molar-refractivity contribution in [2.45, 2.75) is 57.5 Å². The Hall–Kier alpha value is -0.370. The Morgan fingerprint density at radius 1 is 1.23 bits per heavy atom. The SMILES string of the molecule is C[C@]12CCCC[C@@]1(O)CC(=O)CC2. The van der Waals surface area contributed by atoms with Gasteiger partial charge in [0.1, 0.15) is 5.78 Å². The Balaban J connectivity index is 2.25. The highest BCUT2D eigenvalue weighted by Gasteiger charge is 2.51. The predicted octanol–water partition coefficient (Wildman–Crippen LogP) is 2.05. The molecule has 0 saturated heterocycles. The average molecular weight is 182 g/mol. The van der Waals surface area contributed by atoms with E-state index in [-0.39, 0.29) is 11.2 Å². The van der Waals surface area contributed by atoms with Gasteiger partial charge in [-0.2, -0.15) is 0 Å². The summed E-state index contributed by atoms with van der Waals surface area (Å²) in [4.78, 5) is 11.3. The zero-order valence-electron chi connectivity index (χ0n) is 8.31. The number of carbonyl (C=O) groups is 1. The molecule has 0 aromatic carbocycles. The van der Waals surface area contributed by atoms with E-state index in [0.717, 1.165) is 25.7 Å². The van der Waals surface area contributed by atoms with Crippen LogP contribution in [0, 0.1) is 5.41 Å². The van der Waals surface area contributed by atoms with Crippen molar-refractivity contribution >= 4 is 5.78 Å². The Bertz CT molecular complexity index is 236. The van der Waals surface area contributed by atoms with Crippen molar-refractivity contribution in [2.75, 3.05) is 0 Å². The van der Waals surface area contributed by atoms with E-state index < -0.39 is 5.60 Å². The molecular formula is C11H18O2. The molecule has 2 rings (SSSR count). The summed E-state index contributed by atoms with van der Waals surface area (Å²) < 4.78 is 0. The van der Waals surface area contributed by atoms with Crippen molar-refractivity contribution in [2.24, 2.45) is 5.41 Å². The summed E-state index contributed by atoms with van der Waals surface area (Å²) >= 11 is 0. The summed E-state index contributed by atoms with van der Waals surface area (Å²) in [6.45, 7) is 2.15. The van der Waals surface area contributed by atoms with Crippen LogP contribution in [0.2, 0.25) is 0 Å². The maximum absolute atomic E-state index is 11.3. The number of rotatable bonds is 0. The number of ketones is 1. The van der Waals surface area contributed by atoms with E-state index in [0.29, 0.717) is 12.8 Å². The van der Waals surface area contributed by atoms with Gasteiger partial charge in [-0.1, -0.05) is 19.8 Å². The second-order valence-electron chi connectivity index (χ2n) is 5.01. The molecule has 0 unspecified atom stereocenters. The summed E-state index contributed by atoms with van der Waals surface area (Å²) in [6.07, 6.45) is 6.20. The lowest BCUT2D eigenvalue weighted by Crippen LogP contribution is -2.53. The molecule has 2 nitrogen and oxygen atoms in total. The molecule has 0 amide bonds. The molecule has 0 aliphatic heterocycles. The van der Waals surface area contributed by atoms with Gasteiger partial charge in [0, 0.05) is 12.8 Å². The molecule has 13 heavy (non-hydrogen) atoms. The highest BCUT2D eigenvalue weighted by molar-refractivity contribution is 5.80. The fourth-order valence-electron chi connectivity index (χ4n) is 2.96. The average Bonchev–Trinajstić information content (AvgIpc) is 2.07. The number of aliphatic hydroxyl groups is 1. The molecule has 0 aromatic heterocycles. The molecule has 0 bridgehead atoms. The van der Waals surface area contributed by atoms with E-state index in [2.05, 4.69) is 6.92 Å². The molecule has 2 aliphatic carbocycles. The van der Waals surface area contributed by atoms with Crippen molar-refractivity contribution in [3.05, 3.63) is 0 Å². The Morgan fingerprint density at radius 3 is 2.69 bits per heavy atom. The third-order valence-corrected chi connectivity index (χ3v) is 4.14. The second-order valence-corrected chi connectivity index (χ2v) is 5.01. The van der Waals surface area contributed by atoms with Gasteiger partial charge in [0.2, 0.25) is 0 Å². The van der Waals surface area contributed by atoms with Crippen molar-refractivity contribution in [1.82, 2.24) is 0 Å². The monoisotopic (exact) mass is 182 g/mol. The summed E-state index contributed by atoms with van der Waals surface area (Å²) in [7, 11) is 0. The van der Waals surface area contributed by atoms with Crippen LogP contribution in [0.3, 0.4) is 0 Å². The van der Waals surface area contributed by atoms with E-state index in [4.69, 9.17) is 0 Å². The maximum atomic E-state index is 11.3. The van der Waals surface area contributed by atoms with Crippen LogP contribution in [0.25, 0.3) is 0 Å². The lowest BCUT2D eigenvalue weighted by atomic mass is 9.57. The van der Waals surface area contributed by atoms with Crippen molar-refractivity contribution < 1.29 is 9.90 Å². The van der Waals surface area contributed by atoms with Gasteiger partial charge in [-0.25, -0.2) is 0 Å². The molecule has 0 spiro atoms. The van der Waals surface area contributed by atoms with E-state index in [9.17, 15) is 9.90 Å². The third kappa shape index (κ3) is 1.32. The molecular weight excluding hydrogens is 164 g/mol. The highest BCUT2D eigenvalue weighted by atomic mass is 16.3. The van der Waals surface area contributed by atoms with Gasteiger partial charge in [-0.05, 0) is 24.7 Å². The molecule has 0 heterocycles. The number of hydrogen-bond donors (Lipinski definition) is 1. The van der Waals surface area contributed by atoms with Crippen LogP contribution in [-0.4, -0.2) is 16.5 Å². The Kier molecular flexibility index (Phi) is 1.99. The molecule has 0 aromatic rings. The predicted molar refractivity (Wildman–Crippen MR) is 50.4 cm³/mol. The first-order valence-electron chi connectivity index (χ1n) is 5.30. The number of carbonyl (C=O) groups excluding carboxylic acids is 1. The van der Waals surface area contributed by atoms with Crippen molar-refractivity contribution in [1.29, 1.82) is 0 Å². The molecule has 0 radical (unpaired) electrons. The van der Waals surface area contributed by atoms with Crippen LogP contribution in [0.5, 0.6) is 0 Å². The molecule has 2 atom stereocenters. The van der Waals surface area contributed by atoms with Crippen LogP contribution in [0.15, 0.2) is 0 Å². The van der Waals surface area contributed by atoms with Gasteiger partial charge < -0.3 is 5.11 Å². The largest absolute Gasteiger partial charge is 0.389 e. The normalized spacial score (nSPS) is 45.8. The third-order valence-electron chi connectivity index (χ3n) is 4.14. The Labute approximate surface area is 79.3 Å². The highest BCUT2D eigenvalue weighted by Crippen LogP contribution is 2.51. The van der Waals surface area contributed by atoms with Crippen molar-refractivity contribution in [3.63, 3.8) is 0 Å². The number of fused-ring (bicyclic) bond motifs is 1. The lowest BCUT2D eigenvalue weighted by molar-refractivity contribution is -0.155. The van der Waals surface area contributed by atoms with Crippen LogP contribution in [-0.2, 0) is 4.79 Å². The van der Waals surface area contributed by atoms with Crippen molar-refractivity contribution in [3.8, 4) is 0 Å². The van der Waals surface area contributed by atoms with Gasteiger partial charge in [-0.3, -0.25) is 4.79 Å². The van der Waals surface area contributed by atoms with Gasteiger partial charge in [0.05, 0.1) is 5.60 Å². The van der Waals surface area contributed by atoms with Crippen LogP contribution in [0.1, 0.15) is 51.9 Å². The molecule has 74 valence electrons. The van der Waals surface area contributed by atoms with Crippen LogP contribution >= 0.6 is 0 Å². The summed E-state index contributed by atoms with van der Waals surface area (Å²) in [6, 6.07) is 0. The first-order valence-corrected chi connectivity index (χ1v) is 5.30. The standard InChI is InChI=1S/C11H18O2/c1-10-5-2-3-6-11(10,13)8-9(12)4-7-10/h13H,2-8H2,1H3/t10-,11-/m1/s1. The maximum Gasteiger partial charge on any atom is 0.135 e. The number of hydrogen-bond acceptors (Lipinski definition) is 2. The zero-order valence-corrected chi connectivity index (χ0v) is 8.31. The van der Waals surface area contributed by atoms with E-state index in [1.54, 1.807) is 0 Å². The van der Waals surface area contributed by atoms with Gasteiger partial charge in [0.25, 0.3) is 0 Å². The molecule has 2 aliphatic rings. The smallest absolute Gasteiger partial charge is 0.135 e. The molecule has 2 fully saturated rings. The van der Waals surface area contributed by atoms with E-state index in [1.807, 2.05) is 0 Å². The summed E-state index contributed by atoms with van der Waals surface area (Å²) in [5.74, 6) is 0.252. The minimum absolute atomic E-state index is 0.0269.